The number of carbonyl (C=O) groups is 2. The van der Waals surface area contributed by atoms with Crippen molar-refractivity contribution in [3.63, 3.8) is 0 Å². The third-order valence-electron chi connectivity index (χ3n) is 4.89. The Labute approximate surface area is 127 Å². The van der Waals surface area contributed by atoms with E-state index in [-0.39, 0.29) is 17.9 Å². The summed E-state index contributed by atoms with van der Waals surface area (Å²) < 4.78 is 0. The van der Waals surface area contributed by atoms with E-state index < -0.39 is 11.4 Å². The average molecular weight is 296 g/mol. The van der Waals surface area contributed by atoms with Crippen LogP contribution in [0.4, 0.5) is 0 Å². The lowest BCUT2D eigenvalue weighted by Gasteiger charge is -2.48. The SMILES string of the molecule is CC1CCC1N1CC(NC(=O)C(C)(C)C)CC(C(=O)O)C1. The number of aliphatic carboxylic acids is 1. The molecule has 0 bridgehead atoms. The van der Waals surface area contributed by atoms with Crippen molar-refractivity contribution < 1.29 is 14.7 Å². The number of likely N-dealkylation sites (tertiary alicyclic amines) is 1. The van der Waals surface area contributed by atoms with E-state index in [1.54, 1.807) is 0 Å². The highest BCUT2D eigenvalue weighted by molar-refractivity contribution is 5.81. The normalized spacial score (nSPS) is 34.1. The topological polar surface area (TPSA) is 69.6 Å². The van der Waals surface area contributed by atoms with Crippen LogP contribution in [0.5, 0.6) is 0 Å². The maximum Gasteiger partial charge on any atom is 0.307 e. The van der Waals surface area contributed by atoms with Gasteiger partial charge in [0.1, 0.15) is 0 Å². The van der Waals surface area contributed by atoms with Crippen LogP contribution in [0.25, 0.3) is 0 Å². The Kier molecular flexibility index (Phi) is 4.61. The molecule has 5 nitrogen and oxygen atoms in total. The van der Waals surface area contributed by atoms with Gasteiger partial charge in [-0.2, -0.15) is 0 Å². The fourth-order valence-electron chi connectivity index (χ4n) is 3.28. The standard InChI is InChI=1S/C16H28N2O3/c1-10-5-6-13(10)18-8-11(14(19)20)7-12(9-18)17-15(21)16(2,3)4/h10-13H,5-9H2,1-4H3,(H,17,21)(H,19,20). The number of amides is 1. The lowest BCUT2D eigenvalue weighted by molar-refractivity contribution is -0.146. The molecule has 1 heterocycles. The maximum atomic E-state index is 12.2. The molecule has 1 saturated carbocycles. The van der Waals surface area contributed by atoms with Gasteiger partial charge in [-0.1, -0.05) is 27.7 Å². The predicted molar refractivity (Wildman–Crippen MR) is 80.9 cm³/mol. The van der Waals surface area contributed by atoms with Crippen LogP contribution in [0.2, 0.25) is 0 Å². The van der Waals surface area contributed by atoms with Crippen molar-refractivity contribution in [3.8, 4) is 0 Å². The van der Waals surface area contributed by atoms with Crippen molar-refractivity contribution in [1.82, 2.24) is 10.2 Å². The van der Waals surface area contributed by atoms with E-state index in [9.17, 15) is 14.7 Å². The summed E-state index contributed by atoms with van der Waals surface area (Å²) in [7, 11) is 0. The maximum absolute atomic E-state index is 12.2. The first-order valence-corrected chi connectivity index (χ1v) is 7.96. The van der Waals surface area contributed by atoms with Crippen LogP contribution in [-0.4, -0.2) is 47.1 Å². The summed E-state index contributed by atoms with van der Waals surface area (Å²) in [6.45, 7) is 9.26. The molecule has 1 aliphatic carbocycles. The van der Waals surface area contributed by atoms with E-state index in [1.807, 2.05) is 20.8 Å². The lowest BCUT2D eigenvalue weighted by Crippen LogP contribution is -2.59. The minimum atomic E-state index is -0.748. The fraction of sp³-hybridized carbons (Fsp3) is 0.875. The summed E-state index contributed by atoms with van der Waals surface area (Å²) in [4.78, 5) is 25.8. The largest absolute Gasteiger partial charge is 0.481 e. The molecule has 4 atom stereocenters. The molecule has 0 radical (unpaired) electrons. The van der Waals surface area contributed by atoms with Crippen molar-refractivity contribution in [2.75, 3.05) is 13.1 Å². The van der Waals surface area contributed by atoms with Crippen LogP contribution in [0.15, 0.2) is 0 Å². The third-order valence-corrected chi connectivity index (χ3v) is 4.89. The van der Waals surface area contributed by atoms with Crippen LogP contribution in [-0.2, 0) is 9.59 Å². The molecule has 120 valence electrons. The summed E-state index contributed by atoms with van der Waals surface area (Å²) in [6.07, 6.45) is 2.90. The molecule has 2 N–H and O–H groups in total. The van der Waals surface area contributed by atoms with E-state index in [0.29, 0.717) is 24.9 Å². The van der Waals surface area contributed by atoms with Crippen LogP contribution in [0.1, 0.15) is 47.0 Å². The van der Waals surface area contributed by atoms with Gasteiger partial charge in [0.25, 0.3) is 0 Å². The van der Waals surface area contributed by atoms with Gasteiger partial charge >= 0.3 is 5.97 Å². The predicted octanol–water partition coefficient (Wildman–Crippen LogP) is 1.72. The molecule has 21 heavy (non-hydrogen) atoms. The summed E-state index contributed by atoms with van der Waals surface area (Å²) in [6, 6.07) is 0.431. The monoisotopic (exact) mass is 296 g/mol. The molecule has 1 saturated heterocycles. The van der Waals surface area contributed by atoms with Crippen LogP contribution < -0.4 is 5.32 Å². The highest BCUT2D eigenvalue weighted by Gasteiger charge is 2.40. The molecule has 2 rings (SSSR count). The Balaban J connectivity index is 2.03. The van der Waals surface area contributed by atoms with Gasteiger partial charge in [-0.15, -0.1) is 0 Å². The zero-order valence-corrected chi connectivity index (χ0v) is 13.6. The van der Waals surface area contributed by atoms with Crippen LogP contribution in [0.3, 0.4) is 0 Å². The lowest BCUT2D eigenvalue weighted by atomic mass is 9.78. The molecule has 2 aliphatic rings. The van der Waals surface area contributed by atoms with Gasteiger partial charge in [0.2, 0.25) is 5.91 Å². The number of carbonyl (C=O) groups excluding carboxylic acids is 1. The number of hydrogen-bond donors (Lipinski definition) is 2. The van der Waals surface area contributed by atoms with E-state index in [0.717, 1.165) is 13.0 Å². The highest BCUT2D eigenvalue weighted by atomic mass is 16.4. The van der Waals surface area contributed by atoms with Crippen molar-refractivity contribution in [2.24, 2.45) is 17.3 Å². The number of rotatable bonds is 3. The van der Waals surface area contributed by atoms with Gasteiger partial charge in [-0.25, -0.2) is 0 Å². The van der Waals surface area contributed by atoms with Crippen LogP contribution >= 0.6 is 0 Å². The van der Waals surface area contributed by atoms with Crippen molar-refractivity contribution in [1.29, 1.82) is 0 Å². The molecule has 0 spiro atoms. The molecular weight excluding hydrogens is 268 g/mol. The van der Waals surface area contributed by atoms with Crippen molar-refractivity contribution >= 4 is 11.9 Å². The Morgan fingerprint density at radius 1 is 1.19 bits per heavy atom. The average Bonchev–Trinajstić information content (AvgIpc) is 2.35. The zero-order chi connectivity index (χ0) is 15.8. The van der Waals surface area contributed by atoms with Gasteiger partial charge < -0.3 is 10.4 Å². The Hall–Kier alpha value is -1.10. The smallest absolute Gasteiger partial charge is 0.307 e. The minimum Gasteiger partial charge on any atom is -0.481 e. The summed E-state index contributed by atoms with van der Waals surface area (Å²) >= 11 is 0. The van der Waals surface area contributed by atoms with Crippen molar-refractivity contribution in [2.45, 2.75) is 59.0 Å². The number of nitrogens with zero attached hydrogens (tertiary/aromatic N) is 1. The van der Waals surface area contributed by atoms with Gasteiger partial charge in [-0.05, 0) is 25.2 Å². The van der Waals surface area contributed by atoms with Gasteiger partial charge in [0.05, 0.1) is 5.92 Å². The number of hydrogen-bond acceptors (Lipinski definition) is 3. The van der Waals surface area contributed by atoms with E-state index >= 15 is 0 Å². The molecule has 0 aromatic carbocycles. The first-order valence-electron chi connectivity index (χ1n) is 7.96. The van der Waals surface area contributed by atoms with E-state index in [4.69, 9.17) is 0 Å². The molecule has 4 unspecified atom stereocenters. The summed E-state index contributed by atoms with van der Waals surface area (Å²) in [5.74, 6) is -0.491. The van der Waals surface area contributed by atoms with Crippen molar-refractivity contribution in [3.05, 3.63) is 0 Å². The second kappa shape index (κ2) is 5.95. The first-order chi connectivity index (χ1) is 9.68. The van der Waals surface area contributed by atoms with Crippen LogP contribution in [0, 0.1) is 17.3 Å². The second-order valence-electron chi connectivity index (χ2n) is 7.77. The number of carboxylic acid groups (broad SMARTS) is 1. The highest BCUT2D eigenvalue weighted by Crippen LogP contribution is 2.34. The van der Waals surface area contributed by atoms with Gasteiger partial charge in [0.15, 0.2) is 0 Å². The van der Waals surface area contributed by atoms with E-state index in [2.05, 4.69) is 17.1 Å². The summed E-state index contributed by atoms with van der Waals surface area (Å²) in [5, 5.41) is 12.4. The first kappa shape index (κ1) is 16.3. The number of piperidine rings is 1. The number of carboxylic acids is 1. The van der Waals surface area contributed by atoms with Gasteiger partial charge in [0, 0.05) is 30.6 Å². The molecule has 1 aliphatic heterocycles. The second-order valence-corrected chi connectivity index (χ2v) is 7.77. The summed E-state index contributed by atoms with van der Waals surface area (Å²) in [5.41, 5.74) is -0.440. The zero-order valence-electron chi connectivity index (χ0n) is 13.6. The molecule has 5 heteroatoms. The third kappa shape index (κ3) is 3.76. The minimum absolute atomic E-state index is 0.000136. The van der Waals surface area contributed by atoms with Gasteiger partial charge in [-0.3, -0.25) is 14.5 Å². The molecule has 0 aromatic heterocycles. The van der Waals surface area contributed by atoms with E-state index in [1.165, 1.54) is 6.42 Å². The number of nitrogens with one attached hydrogen (secondary N) is 1. The molecular formula is C16H28N2O3. The molecule has 2 fully saturated rings. The quantitative estimate of drug-likeness (QED) is 0.832. The Morgan fingerprint density at radius 2 is 1.86 bits per heavy atom. The molecule has 0 aromatic rings. The molecule has 1 amide bonds. The Morgan fingerprint density at radius 3 is 2.29 bits per heavy atom. The fourth-order valence-corrected chi connectivity index (χ4v) is 3.28. The Bertz CT molecular complexity index is 416.